The molecule has 1 rings (SSSR count). The Morgan fingerprint density at radius 2 is 1.77 bits per heavy atom. The molecule has 1 heteroatoms. The third-order valence-electron chi connectivity index (χ3n) is 2.18. The van der Waals surface area contributed by atoms with E-state index >= 15 is 0 Å². The molecular formula is C12H18O. The number of hydrogen-bond acceptors (Lipinski definition) is 1. The summed E-state index contributed by atoms with van der Waals surface area (Å²) in [7, 11) is 0. The van der Waals surface area contributed by atoms with Crippen molar-refractivity contribution in [3.63, 3.8) is 0 Å². The molecule has 0 aliphatic carbocycles. The Morgan fingerprint density at radius 3 is 2.31 bits per heavy atom. The van der Waals surface area contributed by atoms with Crippen molar-refractivity contribution >= 4 is 0 Å². The monoisotopic (exact) mass is 178 g/mol. The van der Waals surface area contributed by atoms with Crippen LogP contribution in [-0.4, -0.2) is 5.11 Å². The summed E-state index contributed by atoms with van der Waals surface area (Å²) in [5, 5.41) is 9.07. The number of hydrogen-bond donors (Lipinski definition) is 1. The van der Waals surface area contributed by atoms with Gasteiger partial charge in [-0.3, -0.25) is 0 Å². The summed E-state index contributed by atoms with van der Waals surface area (Å²) in [6.45, 7) is 4.49. The van der Waals surface area contributed by atoms with E-state index in [4.69, 9.17) is 5.11 Å². The van der Waals surface area contributed by atoms with Crippen LogP contribution >= 0.6 is 0 Å². The van der Waals surface area contributed by atoms with Gasteiger partial charge in [-0.15, -0.1) is 0 Å². The molecule has 0 aromatic heterocycles. The first kappa shape index (κ1) is 10.1. The van der Waals surface area contributed by atoms with Crippen molar-refractivity contribution in [3.05, 3.63) is 29.8 Å². The van der Waals surface area contributed by atoms with Gasteiger partial charge in [-0.25, -0.2) is 0 Å². The van der Waals surface area contributed by atoms with Crippen molar-refractivity contribution in [2.75, 3.05) is 0 Å². The van der Waals surface area contributed by atoms with E-state index in [-0.39, 0.29) is 0 Å². The molecule has 0 aliphatic heterocycles. The Labute approximate surface area is 80.4 Å². The topological polar surface area (TPSA) is 20.2 Å². The molecule has 0 atom stereocenters. The van der Waals surface area contributed by atoms with E-state index in [1.807, 2.05) is 12.1 Å². The molecule has 1 aromatic rings. The lowest BCUT2D eigenvalue weighted by atomic mass is 10.0. The highest BCUT2D eigenvalue weighted by Crippen LogP contribution is 2.13. The third-order valence-corrected chi connectivity index (χ3v) is 2.18. The van der Waals surface area contributed by atoms with Crippen LogP contribution in [0.25, 0.3) is 0 Å². The maximum absolute atomic E-state index is 9.07. The summed E-state index contributed by atoms with van der Waals surface area (Å²) < 4.78 is 0. The zero-order valence-electron chi connectivity index (χ0n) is 8.46. The van der Waals surface area contributed by atoms with Crippen molar-refractivity contribution in [2.45, 2.75) is 33.1 Å². The number of aromatic hydroxyl groups is 1. The van der Waals surface area contributed by atoms with Crippen molar-refractivity contribution in [3.8, 4) is 5.75 Å². The van der Waals surface area contributed by atoms with Gasteiger partial charge in [0.1, 0.15) is 5.75 Å². The predicted octanol–water partition coefficient (Wildman–Crippen LogP) is 3.37. The van der Waals surface area contributed by atoms with Crippen molar-refractivity contribution in [1.82, 2.24) is 0 Å². The lowest BCUT2D eigenvalue weighted by molar-refractivity contribution is 0.475. The van der Waals surface area contributed by atoms with Gasteiger partial charge in [0, 0.05) is 0 Å². The second-order valence-corrected chi connectivity index (χ2v) is 3.95. The van der Waals surface area contributed by atoms with Crippen LogP contribution in [-0.2, 0) is 6.42 Å². The van der Waals surface area contributed by atoms with E-state index in [1.54, 1.807) is 12.1 Å². The van der Waals surface area contributed by atoms with Gasteiger partial charge in [0.15, 0.2) is 0 Å². The Bertz CT molecular complexity index is 236. The molecule has 0 radical (unpaired) electrons. The summed E-state index contributed by atoms with van der Waals surface area (Å²) in [5.74, 6) is 1.14. The first-order valence-corrected chi connectivity index (χ1v) is 4.96. The first-order valence-electron chi connectivity index (χ1n) is 4.96. The highest BCUT2D eigenvalue weighted by molar-refractivity contribution is 5.25. The first-order chi connectivity index (χ1) is 6.18. The minimum Gasteiger partial charge on any atom is -0.508 e. The normalized spacial score (nSPS) is 10.7. The number of phenolic OH excluding ortho intramolecular Hbond substituents is 1. The minimum absolute atomic E-state index is 0.354. The standard InChI is InChI=1S/C12H18O/c1-10(2)4-3-5-11-6-8-12(13)9-7-11/h6-10,13H,3-5H2,1-2H3. The molecule has 0 saturated carbocycles. The quantitative estimate of drug-likeness (QED) is 0.749. The molecule has 0 unspecified atom stereocenters. The summed E-state index contributed by atoms with van der Waals surface area (Å²) in [5.41, 5.74) is 1.32. The fourth-order valence-electron chi connectivity index (χ4n) is 1.38. The molecule has 0 bridgehead atoms. The minimum atomic E-state index is 0.354. The lowest BCUT2D eigenvalue weighted by Crippen LogP contribution is -1.90. The SMILES string of the molecule is CC(C)CCCc1ccc(O)cc1. The zero-order valence-corrected chi connectivity index (χ0v) is 8.46. The van der Waals surface area contributed by atoms with Crippen LogP contribution < -0.4 is 0 Å². The van der Waals surface area contributed by atoms with E-state index in [0.717, 1.165) is 12.3 Å². The van der Waals surface area contributed by atoms with Gasteiger partial charge in [-0.05, 0) is 36.5 Å². The lowest BCUT2D eigenvalue weighted by Gasteiger charge is -2.04. The maximum Gasteiger partial charge on any atom is 0.115 e. The van der Waals surface area contributed by atoms with Gasteiger partial charge in [0.05, 0.1) is 0 Å². The fourth-order valence-corrected chi connectivity index (χ4v) is 1.38. The van der Waals surface area contributed by atoms with Crippen LogP contribution in [0.4, 0.5) is 0 Å². The van der Waals surface area contributed by atoms with E-state index < -0.39 is 0 Å². The highest BCUT2D eigenvalue weighted by atomic mass is 16.3. The zero-order chi connectivity index (χ0) is 9.68. The largest absolute Gasteiger partial charge is 0.508 e. The third kappa shape index (κ3) is 3.97. The molecule has 0 amide bonds. The average Bonchev–Trinajstić information content (AvgIpc) is 2.08. The Hall–Kier alpha value is -0.980. The summed E-state index contributed by atoms with van der Waals surface area (Å²) in [6, 6.07) is 7.50. The second-order valence-electron chi connectivity index (χ2n) is 3.95. The van der Waals surface area contributed by atoms with Crippen LogP contribution in [0, 0.1) is 5.92 Å². The van der Waals surface area contributed by atoms with E-state index in [9.17, 15) is 0 Å². The molecule has 0 spiro atoms. The van der Waals surface area contributed by atoms with Crippen LogP contribution in [0.2, 0.25) is 0 Å². The predicted molar refractivity (Wildman–Crippen MR) is 55.9 cm³/mol. The van der Waals surface area contributed by atoms with Crippen LogP contribution in [0.1, 0.15) is 32.3 Å². The average molecular weight is 178 g/mol. The molecule has 72 valence electrons. The number of phenols is 1. The smallest absolute Gasteiger partial charge is 0.115 e. The molecule has 0 heterocycles. The van der Waals surface area contributed by atoms with E-state index in [1.165, 1.54) is 18.4 Å². The second kappa shape index (κ2) is 4.90. The summed E-state index contributed by atoms with van der Waals surface area (Å²) in [4.78, 5) is 0. The number of rotatable bonds is 4. The Kier molecular flexibility index (Phi) is 3.81. The van der Waals surface area contributed by atoms with Crippen molar-refractivity contribution < 1.29 is 5.11 Å². The Balaban J connectivity index is 2.33. The summed E-state index contributed by atoms with van der Waals surface area (Å²) in [6.07, 6.45) is 3.64. The van der Waals surface area contributed by atoms with Crippen LogP contribution in [0.15, 0.2) is 24.3 Å². The van der Waals surface area contributed by atoms with Gasteiger partial charge in [0.25, 0.3) is 0 Å². The molecule has 13 heavy (non-hydrogen) atoms. The fraction of sp³-hybridized carbons (Fsp3) is 0.500. The Morgan fingerprint density at radius 1 is 1.15 bits per heavy atom. The van der Waals surface area contributed by atoms with Crippen LogP contribution in [0.3, 0.4) is 0 Å². The van der Waals surface area contributed by atoms with Crippen molar-refractivity contribution in [2.24, 2.45) is 5.92 Å². The van der Waals surface area contributed by atoms with Gasteiger partial charge in [-0.2, -0.15) is 0 Å². The molecule has 0 fully saturated rings. The van der Waals surface area contributed by atoms with E-state index in [2.05, 4.69) is 13.8 Å². The van der Waals surface area contributed by atoms with Gasteiger partial charge < -0.3 is 5.11 Å². The molecule has 1 N–H and O–H groups in total. The summed E-state index contributed by atoms with van der Waals surface area (Å²) >= 11 is 0. The number of aryl methyl sites for hydroxylation is 1. The maximum atomic E-state index is 9.07. The molecule has 0 aliphatic rings. The highest BCUT2D eigenvalue weighted by Gasteiger charge is 1.96. The molecule has 1 nitrogen and oxygen atoms in total. The van der Waals surface area contributed by atoms with E-state index in [0.29, 0.717) is 5.75 Å². The van der Waals surface area contributed by atoms with Crippen LogP contribution in [0.5, 0.6) is 5.75 Å². The van der Waals surface area contributed by atoms with Gasteiger partial charge in [0.2, 0.25) is 0 Å². The molecule has 0 saturated heterocycles. The molecule has 1 aromatic carbocycles. The number of benzene rings is 1. The molecular weight excluding hydrogens is 160 g/mol. The van der Waals surface area contributed by atoms with Crippen molar-refractivity contribution in [1.29, 1.82) is 0 Å². The van der Waals surface area contributed by atoms with Gasteiger partial charge in [-0.1, -0.05) is 32.4 Å². The van der Waals surface area contributed by atoms with Gasteiger partial charge >= 0.3 is 0 Å².